The highest BCUT2D eigenvalue weighted by molar-refractivity contribution is 6.31. The lowest BCUT2D eigenvalue weighted by atomic mass is 10.1. The minimum atomic E-state index is -0.325. The Labute approximate surface area is 87.2 Å². The molecular formula is C11H10ClFO. The van der Waals surface area contributed by atoms with Gasteiger partial charge in [-0.1, -0.05) is 23.8 Å². The van der Waals surface area contributed by atoms with E-state index in [0.29, 0.717) is 16.1 Å². The van der Waals surface area contributed by atoms with E-state index < -0.39 is 0 Å². The number of rotatable bonds is 3. The Morgan fingerprint density at radius 3 is 2.86 bits per heavy atom. The maximum atomic E-state index is 13.3. The van der Waals surface area contributed by atoms with Gasteiger partial charge in [-0.25, -0.2) is 4.39 Å². The SMILES string of the molecule is Cc1cc(F)c(C=CCC=O)cc1Cl. The number of hydrogen-bond donors (Lipinski definition) is 0. The molecule has 0 saturated carbocycles. The molecule has 0 aliphatic rings. The second-order valence-electron chi connectivity index (χ2n) is 2.93. The van der Waals surface area contributed by atoms with Gasteiger partial charge in [-0.05, 0) is 24.6 Å². The lowest BCUT2D eigenvalue weighted by Crippen LogP contribution is -1.85. The summed E-state index contributed by atoms with van der Waals surface area (Å²) < 4.78 is 13.3. The number of aldehydes is 1. The highest BCUT2D eigenvalue weighted by atomic mass is 35.5. The smallest absolute Gasteiger partial charge is 0.130 e. The van der Waals surface area contributed by atoms with Gasteiger partial charge < -0.3 is 4.79 Å². The molecule has 74 valence electrons. The number of hydrogen-bond acceptors (Lipinski definition) is 1. The van der Waals surface area contributed by atoms with Crippen molar-refractivity contribution in [3.63, 3.8) is 0 Å². The molecule has 3 heteroatoms. The zero-order valence-electron chi connectivity index (χ0n) is 7.76. The Morgan fingerprint density at radius 1 is 1.50 bits per heavy atom. The zero-order chi connectivity index (χ0) is 10.6. The number of carbonyl (C=O) groups is 1. The van der Waals surface area contributed by atoms with Crippen LogP contribution < -0.4 is 0 Å². The molecule has 0 N–H and O–H groups in total. The van der Waals surface area contributed by atoms with Crippen LogP contribution in [0.25, 0.3) is 6.08 Å². The number of benzene rings is 1. The Balaban J connectivity index is 2.97. The Kier molecular flexibility index (Phi) is 3.84. The largest absolute Gasteiger partial charge is 0.303 e. The van der Waals surface area contributed by atoms with E-state index in [4.69, 9.17) is 11.6 Å². The van der Waals surface area contributed by atoms with Gasteiger partial charge in [0.1, 0.15) is 12.1 Å². The molecule has 0 amide bonds. The fraction of sp³-hybridized carbons (Fsp3) is 0.182. The van der Waals surface area contributed by atoms with Crippen molar-refractivity contribution in [2.75, 3.05) is 0 Å². The summed E-state index contributed by atoms with van der Waals surface area (Å²) in [6.45, 7) is 1.74. The lowest BCUT2D eigenvalue weighted by molar-refractivity contribution is -0.107. The quantitative estimate of drug-likeness (QED) is 0.702. The fourth-order valence-electron chi connectivity index (χ4n) is 1.04. The molecule has 0 spiro atoms. The molecule has 1 rings (SSSR count). The van der Waals surface area contributed by atoms with Crippen LogP contribution in [0.2, 0.25) is 5.02 Å². The van der Waals surface area contributed by atoms with Gasteiger partial charge >= 0.3 is 0 Å². The third-order valence-electron chi connectivity index (χ3n) is 1.81. The maximum absolute atomic E-state index is 13.3. The van der Waals surface area contributed by atoms with E-state index in [-0.39, 0.29) is 12.2 Å². The number of allylic oxidation sites excluding steroid dienone is 1. The van der Waals surface area contributed by atoms with Crippen LogP contribution in [0.15, 0.2) is 18.2 Å². The first-order chi connectivity index (χ1) is 6.65. The molecule has 1 aromatic rings. The van der Waals surface area contributed by atoms with Crippen LogP contribution >= 0.6 is 11.6 Å². The predicted molar refractivity (Wildman–Crippen MR) is 55.9 cm³/mol. The Morgan fingerprint density at radius 2 is 2.21 bits per heavy atom. The summed E-state index contributed by atoms with van der Waals surface area (Å²) in [5.74, 6) is -0.325. The standard InChI is InChI=1S/C11H10ClFO/c1-8-6-11(13)9(7-10(8)12)4-2-3-5-14/h2,4-7H,3H2,1H3. The summed E-state index contributed by atoms with van der Waals surface area (Å²) in [5, 5.41) is 0.525. The van der Waals surface area contributed by atoms with Gasteiger partial charge in [0.05, 0.1) is 0 Å². The summed E-state index contributed by atoms with van der Waals surface area (Å²) in [6.07, 6.45) is 4.18. The molecule has 0 bridgehead atoms. The first kappa shape index (κ1) is 10.9. The molecule has 1 nitrogen and oxygen atoms in total. The second kappa shape index (κ2) is 4.91. The average molecular weight is 213 g/mol. The third kappa shape index (κ3) is 2.67. The van der Waals surface area contributed by atoms with Gasteiger partial charge in [-0.3, -0.25) is 0 Å². The normalized spacial score (nSPS) is 10.8. The van der Waals surface area contributed by atoms with Crippen LogP contribution in [0.5, 0.6) is 0 Å². The van der Waals surface area contributed by atoms with Crippen LogP contribution in [-0.4, -0.2) is 6.29 Å². The van der Waals surface area contributed by atoms with Crippen LogP contribution in [0, 0.1) is 12.7 Å². The third-order valence-corrected chi connectivity index (χ3v) is 2.21. The molecule has 0 fully saturated rings. The monoisotopic (exact) mass is 212 g/mol. The zero-order valence-corrected chi connectivity index (χ0v) is 8.51. The van der Waals surface area contributed by atoms with Crippen molar-refractivity contribution in [1.82, 2.24) is 0 Å². The van der Waals surface area contributed by atoms with Gasteiger partial charge in [-0.2, -0.15) is 0 Å². The minimum Gasteiger partial charge on any atom is -0.303 e. The molecule has 0 aromatic heterocycles. The van der Waals surface area contributed by atoms with E-state index in [1.54, 1.807) is 25.1 Å². The molecule has 0 radical (unpaired) electrons. The number of aryl methyl sites for hydroxylation is 1. The summed E-state index contributed by atoms with van der Waals surface area (Å²) in [7, 11) is 0. The van der Waals surface area contributed by atoms with Crippen LogP contribution in [-0.2, 0) is 4.79 Å². The van der Waals surface area contributed by atoms with E-state index in [1.165, 1.54) is 6.07 Å². The van der Waals surface area contributed by atoms with Crippen molar-refractivity contribution < 1.29 is 9.18 Å². The summed E-state index contributed by atoms with van der Waals surface area (Å²) in [5.41, 5.74) is 1.11. The molecule has 0 aliphatic carbocycles. The highest BCUT2D eigenvalue weighted by Crippen LogP contribution is 2.20. The van der Waals surface area contributed by atoms with Gasteiger partial charge in [0.25, 0.3) is 0 Å². The van der Waals surface area contributed by atoms with E-state index in [1.807, 2.05) is 0 Å². The summed E-state index contributed by atoms with van der Waals surface area (Å²) in [6, 6.07) is 2.93. The van der Waals surface area contributed by atoms with Gasteiger partial charge in [0.15, 0.2) is 0 Å². The highest BCUT2D eigenvalue weighted by Gasteiger charge is 2.02. The van der Waals surface area contributed by atoms with Crippen molar-refractivity contribution in [2.24, 2.45) is 0 Å². The van der Waals surface area contributed by atoms with E-state index in [9.17, 15) is 9.18 Å². The van der Waals surface area contributed by atoms with E-state index in [2.05, 4.69) is 0 Å². The lowest BCUT2D eigenvalue weighted by Gasteiger charge is -2.01. The molecule has 0 unspecified atom stereocenters. The Hall–Kier alpha value is -1.15. The number of carbonyl (C=O) groups excluding carboxylic acids is 1. The first-order valence-electron chi connectivity index (χ1n) is 4.21. The van der Waals surface area contributed by atoms with Crippen LogP contribution in [0.1, 0.15) is 17.5 Å². The van der Waals surface area contributed by atoms with Crippen molar-refractivity contribution in [3.8, 4) is 0 Å². The van der Waals surface area contributed by atoms with Crippen molar-refractivity contribution in [1.29, 1.82) is 0 Å². The minimum absolute atomic E-state index is 0.283. The van der Waals surface area contributed by atoms with Gasteiger partial charge in [0, 0.05) is 17.0 Å². The molecule has 0 atom stereocenters. The summed E-state index contributed by atoms with van der Waals surface area (Å²) in [4.78, 5) is 10.0. The molecule has 1 aromatic carbocycles. The maximum Gasteiger partial charge on any atom is 0.130 e. The molecular weight excluding hydrogens is 203 g/mol. The van der Waals surface area contributed by atoms with Gasteiger partial charge in [0.2, 0.25) is 0 Å². The second-order valence-corrected chi connectivity index (χ2v) is 3.33. The molecule has 0 saturated heterocycles. The first-order valence-corrected chi connectivity index (χ1v) is 4.58. The van der Waals surface area contributed by atoms with E-state index >= 15 is 0 Å². The van der Waals surface area contributed by atoms with Crippen LogP contribution in [0.3, 0.4) is 0 Å². The topological polar surface area (TPSA) is 17.1 Å². The van der Waals surface area contributed by atoms with E-state index in [0.717, 1.165) is 6.29 Å². The molecule has 14 heavy (non-hydrogen) atoms. The van der Waals surface area contributed by atoms with Crippen molar-refractivity contribution >= 4 is 24.0 Å². The van der Waals surface area contributed by atoms with Crippen LogP contribution in [0.4, 0.5) is 4.39 Å². The number of halogens is 2. The van der Waals surface area contributed by atoms with Crippen molar-refractivity contribution in [2.45, 2.75) is 13.3 Å². The predicted octanol–water partition coefficient (Wildman–Crippen LogP) is 3.39. The Bertz CT molecular complexity index is 372. The molecule has 0 heterocycles. The van der Waals surface area contributed by atoms with Crippen molar-refractivity contribution in [3.05, 3.63) is 40.2 Å². The fourth-order valence-corrected chi connectivity index (χ4v) is 1.21. The average Bonchev–Trinajstić information content (AvgIpc) is 2.14. The van der Waals surface area contributed by atoms with Gasteiger partial charge in [-0.15, -0.1) is 0 Å². The summed E-state index contributed by atoms with van der Waals surface area (Å²) >= 11 is 5.83. The molecule has 0 aliphatic heterocycles.